The zero-order chi connectivity index (χ0) is 18.2. The smallest absolute Gasteiger partial charge is 0.306 e. The number of benzene rings is 1. The van der Waals surface area contributed by atoms with Crippen molar-refractivity contribution < 1.29 is 23.5 Å². The molecule has 2 rings (SSSR count). The lowest BCUT2D eigenvalue weighted by molar-refractivity contribution is -0.142. The molecule has 1 heterocycles. The molecular formula is C18H18FNO4S. The van der Waals surface area contributed by atoms with Crippen LogP contribution >= 0.6 is 11.3 Å². The Morgan fingerprint density at radius 3 is 2.52 bits per heavy atom. The Morgan fingerprint density at radius 2 is 1.84 bits per heavy atom. The van der Waals surface area contributed by atoms with Gasteiger partial charge in [0, 0.05) is 18.2 Å². The highest BCUT2D eigenvalue weighted by atomic mass is 32.1. The van der Waals surface area contributed by atoms with Crippen molar-refractivity contribution in [2.45, 2.75) is 26.3 Å². The maximum absolute atomic E-state index is 12.8. The molecule has 1 amide bonds. The molecule has 0 saturated carbocycles. The number of Topliss-reactive ketones (excluding diaryl/α,β-unsaturated/α-hetero) is 1. The third-order valence-corrected chi connectivity index (χ3v) is 4.47. The fraction of sp³-hybridized carbons (Fsp3) is 0.278. The summed E-state index contributed by atoms with van der Waals surface area (Å²) in [5.41, 5.74) is 0.825. The van der Waals surface area contributed by atoms with Crippen LogP contribution in [0.2, 0.25) is 0 Å². The molecule has 7 heteroatoms. The highest BCUT2D eigenvalue weighted by molar-refractivity contribution is 7.14. The predicted octanol–water partition coefficient (Wildman–Crippen LogP) is 2.88. The average Bonchev–Trinajstić information content (AvgIpc) is 3.06. The molecule has 2 aromatic rings. The van der Waals surface area contributed by atoms with Crippen molar-refractivity contribution >= 4 is 29.0 Å². The van der Waals surface area contributed by atoms with Crippen LogP contribution < -0.4 is 5.32 Å². The Bertz CT molecular complexity index is 755. The van der Waals surface area contributed by atoms with Crippen LogP contribution in [0.15, 0.2) is 36.4 Å². The Morgan fingerprint density at radius 1 is 1.12 bits per heavy atom. The van der Waals surface area contributed by atoms with Gasteiger partial charge in [0.05, 0.1) is 11.4 Å². The van der Waals surface area contributed by atoms with Gasteiger partial charge in [-0.05, 0) is 36.2 Å². The van der Waals surface area contributed by atoms with Gasteiger partial charge in [-0.15, -0.1) is 11.3 Å². The van der Waals surface area contributed by atoms with Crippen LogP contribution in [0.1, 0.15) is 33.5 Å². The lowest BCUT2D eigenvalue weighted by atomic mass is 10.1. The fourth-order valence-corrected chi connectivity index (χ4v) is 2.89. The van der Waals surface area contributed by atoms with Crippen LogP contribution in [0.5, 0.6) is 0 Å². The number of hydrogen-bond donors (Lipinski definition) is 1. The van der Waals surface area contributed by atoms with E-state index in [9.17, 15) is 18.8 Å². The van der Waals surface area contributed by atoms with E-state index in [0.717, 1.165) is 10.4 Å². The monoisotopic (exact) mass is 363 g/mol. The molecular weight excluding hydrogens is 345 g/mol. The van der Waals surface area contributed by atoms with E-state index in [-0.39, 0.29) is 30.5 Å². The third-order valence-electron chi connectivity index (χ3n) is 3.34. The van der Waals surface area contributed by atoms with E-state index in [2.05, 4.69) is 5.32 Å². The Hall–Kier alpha value is -2.54. The van der Waals surface area contributed by atoms with Gasteiger partial charge in [-0.1, -0.05) is 12.1 Å². The average molecular weight is 363 g/mol. The van der Waals surface area contributed by atoms with Crippen LogP contribution in [-0.2, 0) is 27.3 Å². The first-order chi connectivity index (χ1) is 11.9. The summed E-state index contributed by atoms with van der Waals surface area (Å²) in [6.07, 6.45) is 0.546. The largest absolute Gasteiger partial charge is 0.457 e. The first-order valence-corrected chi connectivity index (χ1v) is 8.52. The minimum atomic E-state index is -0.479. The maximum atomic E-state index is 12.8. The number of carbonyl (C=O) groups excluding carboxylic acids is 3. The number of carbonyl (C=O) groups is 3. The summed E-state index contributed by atoms with van der Waals surface area (Å²) in [7, 11) is 0. The number of ketones is 1. The van der Waals surface area contributed by atoms with Crippen molar-refractivity contribution in [2.75, 3.05) is 6.61 Å². The highest BCUT2D eigenvalue weighted by Crippen LogP contribution is 2.17. The number of nitrogens with one attached hydrogen (secondary N) is 1. The van der Waals surface area contributed by atoms with Gasteiger partial charge >= 0.3 is 5.97 Å². The molecule has 0 aliphatic heterocycles. The summed E-state index contributed by atoms with van der Waals surface area (Å²) in [5, 5.41) is 2.65. The molecule has 0 aliphatic carbocycles. The lowest BCUT2D eigenvalue weighted by Gasteiger charge is -2.04. The van der Waals surface area contributed by atoms with Crippen molar-refractivity contribution in [1.29, 1.82) is 0 Å². The number of thiophene rings is 1. The van der Waals surface area contributed by atoms with Crippen LogP contribution in [0, 0.1) is 5.82 Å². The number of amides is 1. The number of halogens is 1. The molecule has 1 aromatic heterocycles. The molecule has 1 N–H and O–H groups in total. The number of ether oxygens (including phenoxy) is 1. The molecule has 0 spiro atoms. The van der Waals surface area contributed by atoms with E-state index in [0.29, 0.717) is 17.8 Å². The fourth-order valence-electron chi connectivity index (χ4n) is 2.02. The molecule has 132 valence electrons. The van der Waals surface area contributed by atoms with E-state index < -0.39 is 5.97 Å². The first kappa shape index (κ1) is 18.8. The minimum absolute atomic E-state index is 0.122. The van der Waals surface area contributed by atoms with E-state index >= 15 is 0 Å². The van der Waals surface area contributed by atoms with Gasteiger partial charge < -0.3 is 10.1 Å². The molecule has 5 nitrogen and oxygen atoms in total. The molecule has 25 heavy (non-hydrogen) atoms. The second-order valence-electron chi connectivity index (χ2n) is 5.39. The van der Waals surface area contributed by atoms with Gasteiger partial charge in [-0.25, -0.2) is 4.39 Å². The summed E-state index contributed by atoms with van der Waals surface area (Å²) in [6.45, 7) is 1.47. The first-order valence-electron chi connectivity index (χ1n) is 7.70. The summed E-state index contributed by atoms with van der Waals surface area (Å²) >= 11 is 1.26. The quantitative estimate of drug-likeness (QED) is 0.578. The van der Waals surface area contributed by atoms with E-state index in [1.807, 2.05) is 0 Å². The molecule has 0 saturated heterocycles. The van der Waals surface area contributed by atoms with Crippen molar-refractivity contribution in [3.63, 3.8) is 0 Å². The van der Waals surface area contributed by atoms with Crippen LogP contribution in [-0.4, -0.2) is 24.3 Å². The van der Waals surface area contributed by atoms with Gasteiger partial charge in [-0.3, -0.25) is 14.4 Å². The van der Waals surface area contributed by atoms with Crippen molar-refractivity contribution in [3.8, 4) is 0 Å². The van der Waals surface area contributed by atoms with Gasteiger partial charge in [0.15, 0.2) is 6.61 Å². The van der Waals surface area contributed by atoms with Crippen molar-refractivity contribution in [3.05, 3.63) is 57.5 Å². The minimum Gasteiger partial charge on any atom is -0.457 e. The zero-order valence-electron chi connectivity index (χ0n) is 13.7. The number of hydrogen-bond acceptors (Lipinski definition) is 5. The zero-order valence-corrected chi connectivity index (χ0v) is 14.5. The molecule has 0 radical (unpaired) electrons. The highest BCUT2D eigenvalue weighted by Gasteiger charge is 2.13. The Kier molecular flexibility index (Phi) is 6.82. The normalized spacial score (nSPS) is 10.3. The molecule has 1 aromatic carbocycles. The third kappa shape index (κ3) is 6.46. The SMILES string of the molecule is CC(=O)NCc1ccc(C(=O)COC(=O)CCc2ccc(F)cc2)s1. The lowest BCUT2D eigenvalue weighted by Crippen LogP contribution is -2.18. The number of esters is 1. The molecule has 0 bridgehead atoms. The van der Waals surface area contributed by atoms with Crippen LogP contribution in [0.4, 0.5) is 4.39 Å². The van der Waals surface area contributed by atoms with Gasteiger partial charge in [-0.2, -0.15) is 0 Å². The summed E-state index contributed by atoms with van der Waals surface area (Å²) in [6, 6.07) is 9.28. The number of aryl methyl sites for hydroxylation is 1. The standard InChI is InChI=1S/C18H18FNO4S/c1-12(21)20-10-15-7-8-17(25-15)16(22)11-24-18(23)9-4-13-2-5-14(19)6-3-13/h2-3,5-8H,4,9-11H2,1H3,(H,20,21). The van der Waals surface area contributed by atoms with Crippen molar-refractivity contribution in [2.24, 2.45) is 0 Å². The van der Waals surface area contributed by atoms with Gasteiger partial charge in [0.25, 0.3) is 0 Å². The van der Waals surface area contributed by atoms with Crippen LogP contribution in [0.25, 0.3) is 0 Å². The summed E-state index contributed by atoms with van der Waals surface area (Å²) in [4.78, 5) is 35.9. The predicted molar refractivity (Wildman–Crippen MR) is 91.9 cm³/mol. The van der Waals surface area contributed by atoms with Crippen molar-refractivity contribution in [1.82, 2.24) is 5.32 Å². The maximum Gasteiger partial charge on any atom is 0.306 e. The molecule has 0 aliphatic rings. The van der Waals surface area contributed by atoms with E-state index in [4.69, 9.17) is 4.74 Å². The summed E-state index contributed by atoms with van der Waals surface area (Å²) < 4.78 is 17.8. The Balaban J connectivity index is 1.74. The van der Waals surface area contributed by atoms with Gasteiger partial charge in [0.1, 0.15) is 5.82 Å². The van der Waals surface area contributed by atoms with Crippen LogP contribution in [0.3, 0.4) is 0 Å². The molecule has 0 atom stereocenters. The van der Waals surface area contributed by atoms with Gasteiger partial charge in [0.2, 0.25) is 11.7 Å². The molecule has 0 unspecified atom stereocenters. The molecule has 0 fully saturated rings. The number of rotatable bonds is 8. The summed E-state index contributed by atoms with van der Waals surface area (Å²) in [5.74, 6) is -1.23. The second-order valence-corrected chi connectivity index (χ2v) is 6.55. The second kappa shape index (κ2) is 9.08. The topological polar surface area (TPSA) is 72.5 Å². The van der Waals surface area contributed by atoms with E-state index in [1.54, 1.807) is 24.3 Å². The Labute approximate surface area is 148 Å². The van der Waals surface area contributed by atoms with E-state index in [1.165, 1.54) is 30.4 Å².